The van der Waals surface area contributed by atoms with Crippen molar-refractivity contribution in [3.63, 3.8) is 0 Å². The molecule has 0 saturated heterocycles. The highest BCUT2D eigenvalue weighted by molar-refractivity contribution is 5.74. The van der Waals surface area contributed by atoms with Crippen molar-refractivity contribution in [3.05, 3.63) is 0 Å². The Hall–Kier alpha value is -0.330. The number of hydrogen-bond acceptors (Lipinski definition) is 1. The van der Waals surface area contributed by atoms with E-state index in [1.807, 2.05) is 34.6 Å². The molecule has 2 unspecified atom stereocenters. The van der Waals surface area contributed by atoms with Crippen molar-refractivity contribution in [2.75, 3.05) is 0 Å². The lowest BCUT2D eigenvalue weighted by Crippen LogP contribution is -1.99. The van der Waals surface area contributed by atoms with E-state index in [0.29, 0.717) is 6.42 Å². The van der Waals surface area contributed by atoms with Crippen LogP contribution in [-0.4, -0.2) is 5.78 Å². The lowest BCUT2D eigenvalue weighted by Gasteiger charge is -2.13. The van der Waals surface area contributed by atoms with Gasteiger partial charge in [-0.15, -0.1) is 0 Å². The zero-order valence-electron chi connectivity index (χ0n) is 17.0. The van der Waals surface area contributed by atoms with Gasteiger partial charge in [0.2, 0.25) is 0 Å². The summed E-state index contributed by atoms with van der Waals surface area (Å²) in [5.41, 5.74) is 0. The van der Waals surface area contributed by atoms with Crippen molar-refractivity contribution in [1.82, 2.24) is 0 Å². The summed E-state index contributed by atoms with van der Waals surface area (Å²) in [5.74, 6) is 2.16. The Labute approximate surface area is 137 Å². The fourth-order valence-corrected chi connectivity index (χ4v) is 1.84. The monoisotopic (exact) mass is 302 g/mol. The number of Topliss-reactive ketones (excluding diaryl/α,β-unsaturated/α-hetero) is 1. The van der Waals surface area contributed by atoms with Gasteiger partial charge in [0, 0.05) is 6.42 Å². The maximum atomic E-state index is 9.81. The number of hydrogen-bond donors (Lipinski definition) is 0. The van der Waals surface area contributed by atoms with Crippen molar-refractivity contribution >= 4 is 5.78 Å². The third-order valence-electron chi connectivity index (χ3n) is 3.21. The Balaban J connectivity index is -0.000000134. The van der Waals surface area contributed by atoms with Gasteiger partial charge in [0.25, 0.3) is 0 Å². The molecule has 0 aliphatic rings. The summed E-state index contributed by atoms with van der Waals surface area (Å²) in [7, 11) is 0. The minimum atomic E-state index is 0.255. The molecule has 0 fully saturated rings. The summed E-state index contributed by atoms with van der Waals surface area (Å²) in [4.78, 5) is 9.81. The summed E-state index contributed by atoms with van der Waals surface area (Å²) in [5, 5.41) is 0. The van der Waals surface area contributed by atoms with Gasteiger partial charge in [0.05, 0.1) is 0 Å². The molecular formula is C20H46O. The van der Waals surface area contributed by atoms with Gasteiger partial charge in [0.15, 0.2) is 0 Å². The van der Waals surface area contributed by atoms with Crippen LogP contribution in [-0.2, 0) is 4.79 Å². The van der Waals surface area contributed by atoms with E-state index in [1.165, 1.54) is 38.5 Å². The summed E-state index contributed by atoms with van der Waals surface area (Å²) in [6, 6.07) is 0. The molecule has 0 aromatic rings. The molecule has 0 aliphatic carbocycles. The zero-order valence-corrected chi connectivity index (χ0v) is 17.0. The standard InChI is InChI=1S/C12H26.C4H8O.2C2H6/c1-5-7-11(3)9-10-12(4)8-6-2;1-3-4(2)5;2*1-2/h11-12H,5-10H2,1-4H3;3H2,1-2H3;2*1-2H3. The van der Waals surface area contributed by atoms with E-state index < -0.39 is 0 Å². The minimum absolute atomic E-state index is 0.255. The summed E-state index contributed by atoms with van der Waals surface area (Å²) >= 11 is 0. The molecule has 21 heavy (non-hydrogen) atoms. The molecule has 132 valence electrons. The molecule has 1 nitrogen and oxygen atoms in total. The SMILES string of the molecule is CC.CC.CCC(C)=O.CCCC(C)CCC(C)CCC. The van der Waals surface area contributed by atoms with Gasteiger partial charge in [-0.1, -0.05) is 101 Å². The molecule has 1 heteroatoms. The van der Waals surface area contributed by atoms with Crippen LogP contribution >= 0.6 is 0 Å². The first-order valence-electron chi connectivity index (χ1n) is 9.47. The topological polar surface area (TPSA) is 17.1 Å². The minimum Gasteiger partial charge on any atom is -0.300 e. The number of carbonyl (C=O) groups excluding carboxylic acids is 1. The summed E-state index contributed by atoms with van der Waals surface area (Å²) in [6.07, 6.45) is 9.08. The second kappa shape index (κ2) is 27.9. The molecule has 0 aromatic heterocycles. The van der Waals surface area contributed by atoms with Crippen molar-refractivity contribution in [1.29, 1.82) is 0 Å². The molecule has 0 radical (unpaired) electrons. The lowest BCUT2D eigenvalue weighted by molar-refractivity contribution is -0.116. The number of rotatable bonds is 8. The molecule has 0 rings (SSSR count). The average Bonchev–Trinajstić information content (AvgIpc) is 2.50. The third kappa shape index (κ3) is 38.3. The fourth-order valence-electron chi connectivity index (χ4n) is 1.84. The van der Waals surface area contributed by atoms with E-state index in [2.05, 4.69) is 27.7 Å². The smallest absolute Gasteiger partial charge is 0.129 e. The second-order valence-electron chi connectivity index (χ2n) is 5.42. The zero-order chi connectivity index (χ0) is 17.7. The van der Waals surface area contributed by atoms with E-state index in [0.717, 1.165) is 11.8 Å². The van der Waals surface area contributed by atoms with Crippen LogP contribution in [0.4, 0.5) is 0 Å². The second-order valence-corrected chi connectivity index (χ2v) is 5.42. The molecule has 2 atom stereocenters. The molecule has 0 heterocycles. The van der Waals surface area contributed by atoms with Crippen LogP contribution in [0.15, 0.2) is 0 Å². The maximum absolute atomic E-state index is 9.81. The molecule has 0 bridgehead atoms. The van der Waals surface area contributed by atoms with Gasteiger partial charge in [-0.25, -0.2) is 0 Å². The van der Waals surface area contributed by atoms with Crippen molar-refractivity contribution in [2.24, 2.45) is 11.8 Å². The highest BCUT2D eigenvalue weighted by Gasteiger charge is 2.04. The molecule has 0 aliphatic heterocycles. The first-order valence-corrected chi connectivity index (χ1v) is 9.47. The summed E-state index contributed by atoms with van der Waals surface area (Å²) < 4.78 is 0. The van der Waals surface area contributed by atoms with Gasteiger partial charge < -0.3 is 4.79 Å². The molecule has 0 aromatic carbocycles. The molecular weight excluding hydrogens is 256 g/mol. The van der Waals surface area contributed by atoms with Crippen LogP contribution in [0, 0.1) is 11.8 Å². The van der Waals surface area contributed by atoms with Crippen molar-refractivity contribution in [2.45, 2.75) is 114 Å². The van der Waals surface area contributed by atoms with Gasteiger partial charge in [0.1, 0.15) is 5.78 Å². The molecule has 0 spiro atoms. The predicted molar refractivity (Wildman–Crippen MR) is 101 cm³/mol. The quantitative estimate of drug-likeness (QED) is 0.449. The third-order valence-corrected chi connectivity index (χ3v) is 3.21. The van der Waals surface area contributed by atoms with Gasteiger partial charge in [-0.3, -0.25) is 0 Å². The van der Waals surface area contributed by atoms with Gasteiger partial charge in [-0.05, 0) is 18.8 Å². The van der Waals surface area contributed by atoms with Gasteiger partial charge in [-0.2, -0.15) is 0 Å². The highest BCUT2D eigenvalue weighted by atomic mass is 16.1. The van der Waals surface area contributed by atoms with Crippen LogP contribution in [0.3, 0.4) is 0 Å². The van der Waals surface area contributed by atoms with E-state index in [4.69, 9.17) is 0 Å². The Morgan fingerprint density at radius 1 is 0.714 bits per heavy atom. The van der Waals surface area contributed by atoms with Crippen LogP contribution in [0.1, 0.15) is 114 Å². The maximum Gasteiger partial charge on any atom is 0.129 e. The number of carbonyl (C=O) groups is 1. The normalized spacial score (nSPS) is 11.5. The van der Waals surface area contributed by atoms with E-state index in [1.54, 1.807) is 6.92 Å². The van der Waals surface area contributed by atoms with Crippen LogP contribution in [0.5, 0.6) is 0 Å². The van der Waals surface area contributed by atoms with Crippen LogP contribution in [0.25, 0.3) is 0 Å². The Morgan fingerprint density at radius 2 is 0.952 bits per heavy atom. The number of ketones is 1. The fraction of sp³-hybridized carbons (Fsp3) is 0.950. The predicted octanol–water partition coefficient (Wildman–Crippen LogP) is 7.68. The van der Waals surface area contributed by atoms with E-state index >= 15 is 0 Å². The van der Waals surface area contributed by atoms with Crippen LogP contribution < -0.4 is 0 Å². The average molecular weight is 303 g/mol. The van der Waals surface area contributed by atoms with Gasteiger partial charge >= 0.3 is 0 Å². The largest absolute Gasteiger partial charge is 0.300 e. The summed E-state index contributed by atoms with van der Waals surface area (Å²) in [6.45, 7) is 20.8. The van der Waals surface area contributed by atoms with Crippen LogP contribution in [0.2, 0.25) is 0 Å². The Kier molecular flexibility index (Phi) is 38.3. The van der Waals surface area contributed by atoms with Crippen molar-refractivity contribution < 1.29 is 4.79 Å². The Bertz CT molecular complexity index is 151. The lowest BCUT2D eigenvalue weighted by atomic mass is 9.93. The first-order chi connectivity index (χ1) is 9.97. The van der Waals surface area contributed by atoms with E-state index in [9.17, 15) is 4.79 Å². The molecule has 0 saturated carbocycles. The molecule has 0 amide bonds. The van der Waals surface area contributed by atoms with E-state index in [-0.39, 0.29) is 5.78 Å². The highest BCUT2D eigenvalue weighted by Crippen LogP contribution is 2.19. The Morgan fingerprint density at radius 3 is 1.10 bits per heavy atom. The molecule has 0 N–H and O–H groups in total. The van der Waals surface area contributed by atoms with Crippen molar-refractivity contribution in [3.8, 4) is 0 Å². The first kappa shape index (κ1) is 28.8.